The summed E-state index contributed by atoms with van der Waals surface area (Å²) in [6.07, 6.45) is 3.01. The van der Waals surface area contributed by atoms with Crippen LogP contribution in [0.1, 0.15) is 0 Å². The maximum atomic E-state index is 10.0. The Bertz CT molecular complexity index is 144. The molecular formula is C7H14O2Sn. The van der Waals surface area contributed by atoms with Gasteiger partial charge in [0.05, 0.1) is 0 Å². The van der Waals surface area contributed by atoms with E-state index in [-0.39, 0.29) is 0 Å². The Morgan fingerprint density at radius 3 is 2.30 bits per heavy atom. The van der Waals surface area contributed by atoms with E-state index in [9.17, 15) is 4.79 Å². The van der Waals surface area contributed by atoms with Gasteiger partial charge in [0.2, 0.25) is 0 Å². The molecule has 58 valence electrons. The summed E-state index contributed by atoms with van der Waals surface area (Å²) in [6.45, 7) is 0. The van der Waals surface area contributed by atoms with Crippen molar-refractivity contribution in [1.29, 1.82) is 0 Å². The predicted molar refractivity (Wildman–Crippen MR) is 44.9 cm³/mol. The molecule has 0 heterocycles. The van der Waals surface area contributed by atoms with E-state index in [1.54, 1.807) is 6.08 Å². The van der Waals surface area contributed by atoms with Crippen molar-refractivity contribution in [3.8, 4) is 0 Å². The molecule has 0 rings (SSSR count). The quantitative estimate of drug-likeness (QED) is 0.613. The molecule has 2 nitrogen and oxygen atoms in total. The molecule has 0 radical (unpaired) electrons. The summed E-state index contributed by atoms with van der Waals surface area (Å²) in [5.74, 6) is -0.837. The van der Waals surface area contributed by atoms with Crippen LogP contribution in [0.4, 0.5) is 0 Å². The fourth-order valence-electron chi connectivity index (χ4n) is 0.513. The van der Waals surface area contributed by atoms with Crippen molar-refractivity contribution in [1.82, 2.24) is 0 Å². The van der Waals surface area contributed by atoms with Gasteiger partial charge in [-0.3, -0.25) is 0 Å². The van der Waals surface area contributed by atoms with Gasteiger partial charge in [-0.05, 0) is 0 Å². The number of rotatable bonds is 3. The zero-order chi connectivity index (χ0) is 8.20. The minimum atomic E-state index is -1.72. The molecule has 0 unspecified atom stereocenters. The molecule has 0 aromatic heterocycles. The first-order valence-electron chi connectivity index (χ1n) is 3.31. The van der Waals surface area contributed by atoms with Crippen molar-refractivity contribution < 1.29 is 9.90 Å². The second-order valence-corrected chi connectivity index (χ2v) is 19.3. The Labute approximate surface area is 65.8 Å². The van der Waals surface area contributed by atoms with Gasteiger partial charge in [0, 0.05) is 0 Å². The monoisotopic (exact) mass is 250 g/mol. The van der Waals surface area contributed by atoms with Gasteiger partial charge in [0.15, 0.2) is 0 Å². The molecule has 0 aromatic rings. The summed E-state index contributed by atoms with van der Waals surface area (Å²) < 4.78 is 1.01. The van der Waals surface area contributed by atoms with Gasteiger partial charge >= 0.3 is 65.7 Å². The Morgan fingerprint density at radius 1 is 1.50 bits per heavy atom. The van der Waals surface area contributed by atoms with Crippen LogP contribution in [0.3, 0.4) is 0 Å². The number of carbonyl (C=O) groups is 1. The first kappa shape index (κ1) is 10.0. The van der Waals surface area contributed by atoms with E-state index in [0.717, 1.165) is 4.44 Å². The topological polar surface area (TPSA) is 37.3 Å². The number of aliphatic carboxylic acids is 1. The summed E-state index contributed by atoms with van der Waals surface area (Å²) in [5, 5.41) is 8.25. The fraction of sp³-hybridized carbons (Fsp3) is 0.571. The molecular weight excluding hydrogens is 235 g/mol. The summed E-state index contributed by atoms with van der Waals surface area (Å²) in [7, 11) is 0. The van der Waals surface area contributed by atoms with Crippen LogP contribution in [0, 0.1) is 0 Å². The second kappa shape index (κ2) is 4.01. The van der Waals surface area contributed by atoms with E-state index in [4.69, 9.17) is 5.11 Å². The molecule has 0 fully saturated rings. The molecule has 0 aliphatic rings. The second-order valence-electron chi connectivity index (χ2n) is 3.51. The number of carboxylic acid groups (broad SMARTS) is 1. The number of carboxylic acids is 1. The van der Waals surface area contributed by atoms with Crippen LogP contribution in [-0.2, 0) is 4.79 Å². The Kier molecular flexibility index (Phi) is 4.01. The summed E-state index contributed by atoms with van der Waals surface area (Å²) in [4.78, 5) is 16.9. The first-order chi connectivity index (χ1) is 4.42. The predicted octanol–water partition coefficient (Wildman–Crippen LogP) is 1.97. The van der Waals surface area contributed by atoms with E-state index in [1.807, 2.05) is 0 Å². The van der Waals surface area contributed by atoms with Gasteiger partial charge in [-0.2, -0.15) is 0 Å². The fourth-order valence-corrected chi connectivity index (χ4v) is 2.87. The number of allylic oxidation sites excluding steroid dienone is 1. The van der Waals surface area contributed by atoms with E-state index in [0.29, 0.717) is 0 Å². The van der Waals surface area contributed by atoms with Gasteiger partial charge in [-0.1, -0.05) is 0 Å². The average molecular weight is 249 g/mol. The number of hydrogen-bond acceptors (Lipinski definition) is 1. The van der Waals surface area contributed by atoms with E-state index in [2.05, 4.69) is 14.8 Å². The molecule has 0 spiro atoms. The molecule has 1 N–H and O–H groups in total. The van der Waals surface area contributed by atoms with Crippen LogP contribution in [-0.4, -0.2) is 29.5 Å². The van der Waals surface area contributed by atoms with Gasteiger partial charge in [0.1, 0.15) is 0 Å². The zero-order valence-corrected chi connectivity index (χ0v) is 9.57. The van der Waals surface area contributed by atoms with Crippen molar-refractivity contribution >= 4 is 24.3 Å². The summed E-state index contributed by atoms with van der Waals surface area (Å²) in [5.41, 5.74) is 0. The molecule has 0 aliphatic heterocycles. The summed E-state index contributed by atoms with van der Waals surface area (Å²) >= 11 is -1.72. The third-order valence-corrected chi connectivity index (χ3v) is 5.16. The first-order valence-corrected chi connectivity index (χ1v) is 13.9. The maximum absolute atomic E-state index is 10.0. The Hall–Kier alpha value is 0.00870. The molecule has 3 heteroatoms. The Balaban J connectivity index is 3.64. The normalized spacial score (nSPS) is 12.3. The van der Waals surface area contributed by atoms with Gasteiger partial charge in [-0.15, -0.1) is 0 Å². The molecule has 10 heavy (non-hydrogen) atoms. The molecule has 0 aromatic carbocycles. The molecule has 0 amide bonds. The molecule has 0 saturated heterocycles. The standard InChI is InChI=1S/C4H5O2.3CH3.Sn/c1-2-3-4(5)6;;;;/h2-3H,1H2,(H,5,6);3*1H3;/b3-2+;;;;. The third kappa shape index (κ3) is 8.01. The van der Waals surface area contributed by atoms with Crippen molar-refractivity contribution in [2.45, 2.75) is 19.3 Å². The van der Waals surface area contributed by atoms with Gasteiger partial charge < -0.3 is 0 Å². The molecule has 0 bridgehead atoms. The SMILES string of the molecule is [CH3][Sn]([CH3])([CH3])[CH2]/C=C/C(=O)O. The Morgan fingerprint density at radius 2 is 2.00 bits per heavy atom. The average Bonchev–Trinajstić information content (AvgIpc) is 1.59. The van der Waals surface area contributed by atoms with E-state index < -0.39 is 24.3 Å². The third-order valence-electron chi connectivity index (χ3n) is 0.991. The van der Waals surface area contributed by atoms with E-state index in [1.165, 1.54) is 6.08 Å². The number of hydrogen-bond donors (Lipinski definition) is 1. The molecule has 0 aliphatic carbocycles. The zero-order valence-electron chi connectivity index (χ0n) is 6.72. The van der Waals surface area contributed by atoms with Crippen LogP contribution in [0.2, 0.25) is 19.3 Å². The van der Waals surface area contributed by atoms with Crippen molar-refractivity contribution in [2.75, 3.05) is 0 Å². The van der Waals surface area contributed by atoms with Crippen LogP contribution >= 0.6 is 0 Å². The van der Waals surface area contributed by atoms with Crippen molar-refractivity contribution in [2.24, 2.45) is 0 Å². The minimum absolute atomic E-state index is 0.837. The van der Waals surface area contributed by atoms with Crippen LogP contribution in [0.5, 0.6) is 0 Å². The van der Waals surface area contributed by atoms with Crippen LogP contribution in [0.25, 0.3) is 0 Å². The van der Waals surface area contributed by atoms with E-state index >= 15 is 0 Å². The molecule has 0 atom stereocenters. The van der Waals surface area contributed by atoms with Crippen LogP contribution < -0.4 is 0 Å². The molecule has 0 saturated carbocycles. The van der Waals surface area contributed by atoms with Crippen molar-refractivity contribution in [3.63, 3.8) is 0 Å². The van der Waals surface area contributed by atoms with Crippen molar-refractivity contribution in [3.05, 3.63) is 12.2 Å². The van der Waals surface area contributed by atoms with Crippen LogP contribution in [0.15, 0.2) is 12.2 Å². The summed E-state index contributed by atoms with van der Waals surface area (Å²) in [6, 6.07) is 0. The van der Waals surface area contributed by atoms with Gasteiger partial charge in [0.25, 0.3) is 0 Å². The van der Waals surface area contributed by atoms with Gasteiger partial charge in [-0.25, -0.2) is 0 Å².